The summed E-state index contributed by atoms with van der Waals surface area (Å²) in [4.78, 5) is 16.8. The van der Waals surface area contributed by atoms with Crippen LogP contribution in [0.15, 0.2) is 36.5 Å². The molecule has 3 aromatic rings. The summed E-state index contributed by atoms with van der Waals surface area (Å²) in [5.41, 5.74) is 4.33. The zero-order valence-electron chi connectivity index (χ0n) is 18.0. The van der Waals surface area contributed by atoms with E-state index in [1.165, 1.54) is 5.56 Å². The van der Waals surface area contributed by atoms with Crippen LogP contribution in [-0.2, 0) is 18.3 Å². The normalized spacial score (nSPS) is 19.0. The first kappa shape index (κ1) is 20.4. The Bertz CT molecular complexity index is 1030. The zero-order valence-corrected chi connectivity index (χ0v) is 18.0. The number of aromatic nitrogens is 3. The van der Waals surface area contributed by atoms with Crippen LogP contribution < -0.4 is 10.1 Å². The SMILES string of the molecule is Cc1nn(C)c(C)c1CCC(=O)NC1CCC(Oc2ccc3ncccc3c2)CC1. The molecule has 0 saturated heterocycles. The highest BCUT2D eigenvalue weighted by molar-refractivity contribution is 5.79. The number of ether oxygens (including phenoxy) is 1. The number of nitrogens with zero attached hydrogens (tertiary/aromatic N) is 3. The van der Waals surface area contributed by atoms with Gasteiger partial charge in [0.2, 0.25) is 5.91 Å². The van der Waals surface area contributed by atoms with E-state index in [1.807, 2.05) is 36.9 Å². The highest BCUT2D eigenvalue weighted by Gasteiger charge is 2.24. The van der Waals surface area contributed by atoms with Crippen molar-refractivity contribution in [2.45, 2.75) is 64.5 Å². The van der Waals surface area contributed by atoms with Gasteiger partial charge in [0.25, 0.3) is 0 Å². The fourth-order valence-corrected chi connectivity index (χ4v) is 4.36. The van der Waals surface area contributed by atoms with Crippen molar-refractivity contribution >= 4 is 16.8 Å². The lowest BCUT2D eigenvalue weighted by Gasteiger charge is -2.29. The zero-order chi connectivity index (χ0) is 21.1. The van der Waals surface area contributed by atoms with Crippen LogP contribution in [0.5, 0.6) is 5.75 Å². The molecular formula is C24H30N4O2. The topological polar surface area (TPSA) is 69.0 Å². The summed E-state index contributed by atoms with van der Waals surface area (Å²) in [5.74, 6) is 1.02. The number of benzene rings is 1. The third-order valence-corrected chi connectivity index (χ3v) is 6.18. The van der Waals surface area contributed by atoms with Gasteiger partial charge in [0, 0.05) is 36.8 Å². The average Bonchev–Trinajstić information content (AvgIpc) is 2.99. The van der Waals surface area contributed by atoms with E-state index in [-0.39, 0.29) is 18.1 Å². The molecule has 1 aliphatic rings. The third-order valence-electron chi connectivity index (χ3n) is 6.18. The van der Waals surface area contributed by atoms with Gasteiger partial charge in [0.1, 0.15) is 5.75 Å². The van der Waals surface area contributed by atoms with Crippen LogP contribution in [0.1, 0.15) is 49.1 Å². The van der Waals surface area contributed by atoms with Crippen molar-refractivity contribution in [2.75, 3.05) is 0 Å². The Morgan fingerprint density at radius 2 is 2.00 bits per heavy atom. The quantitative estimate of drug-likeness (QED) is 0.671. The molecule has 0 bridgehead atoms. The minimum Gasteiger partial charge on any atom is -0.490 e. The van der Waals surface area contributed by atoms with E-state index in [4.69, 9.17) is 4.74 Å². The highest BCUT2D eigenvalue weighted by Crippen LogP contribution is 2.26. The predicted molar refractivity (Wildman–Crippen MR) is 118 cm³/mol. The van der Waals surface area contributed by atoms with Crippen molar-refractivity contribution in [1.82, 2.24) is 20.1 Å². The molecule has 0 atom stereocenters. The molecule has 0 radical (unpaired) electrons. The lowest BCUT2D eigenvalue weighted by atomic mass is 9.92. The van der Waals surface area contributed by atoms with Gasteiger partial charge < -0.3 is 10.1 Å². The second kappa shape index (κ2) is 8.86. The van der Waals surface area contributed by atoms with Gasteiger partial charge in [0.15, 0.2) is 0 Å². The molecule has 6 heteroatoms. The van der Waals surface area contributed by atoms with Gasteiger partial charge in [0.05, 0.1) is 17.3 Å². The molecule has 1 aliphatic carbocycles. The number of amides is 1. The summed E-state index contributed by atoms with van der Waals surface area (Å²) in [6.45, 7) is 4.06. The first-order valence-corrected chi connectivity index (χ1v) is 10.8. The maximum absolute atomic E-state index is 12.4. The van der Waals surface area contributed by atoms with Crippen molar-refractivity contribution < 1.29 is 9.53 Å². The van der Waals surface area contributed by atoms with E-state index >= 15 is 0 Å². The van der Waals surface area contributed by atoms with E-state index < -0.39 is 0 Å². The number of nitrogens with one attached hydrogen (secondary N) is 1. The number of aryl methyl sites for hydroxylation is 2. The molecule has 1 amide bonds. The number of carbonyl (C=O) groups is 1. The van der Waals surface area contributed by atoms with Crippen molar-refractivity contribution in [3.05, 3.63) is 53.5 Å². The molecule has 6 nitrogen and oxygen atoms in total. The Labute approximate surface area is 177 Å². The van der Waals surface area contributed by atoms with Crippen LogP contribution in [0.25, 0.3) is 10.9 Å². The number of pyridine rings is 1. The van der Waals surface area contributed by atoms with Crippen LogP contribution >= 0.6 is 0 Å². The van der Waals surface area contributed by atoms with E-state index in [0.717, 1.165) is 60.1 Å². The number of carbonyl (C=O) groups excluding carboxylic acids is 1. The van der Waals surface area contributed by atoms with Crippen LogP contribution in [-0.4, -0.2) is 32.8 Å². The maximum atomic E-state index is 12.4. The minimum absolute atomic E-state index is 0.129. The van der Waals surface area contributed by atoms with Gasteiger partial charge in [-0.3, -0.25) is 14.5 Å². The maximum Gasteiger partial charge on any atom is 0.220 e. The lowest BCUT2D eigenvalue weighted by Crippen LogP contribution is -2.39. The molecule has 1 N–H and O–H groups in total. The monoisotopic (exact) mass is 406 g/mol. The molecule has 1 aromatic carbocycles. The smallest absolute Gasteiger partial charge is 0.220 e. The summed E-state index contributed by atoms with van der Waals surface area (Å²) in [6, 6.07) is 10.3. The summed E-state index contributed by atoms with van der Waals surface area (Å²) in [6.07, 6.45) is 7.08. The number of hydrogen-bond donors (Lipinski definition) is 1. The van der Waals surface area contributed by atoms with Crippen molar-refractivity contribution in [3.8, 4) is 5.75 Å². The predicted octanol–water partition coefficient (Wildman–Crippen LogP) is 4.02. The Balaban J connectivity index is 1.23. The van der Waals surface area contributed by atoms with E-state index in [2.05, 4.69) is 34.5 Å². The summed E-state index contributed by atoms with van der Waals surface area (Å²) < 4.78 is 8.09. The van der Waals surface area contributed by atoms with Gasteiger partial charge in [-0.15, -0.1) is 0 Å². The molecule has 0 unspecified atom stereocenters. The number of rotatable bonds is 6. The van der Waals surface area contributed by atoms with E-state index in [0.29, 0.717) is 6.42 Å². The molecule has 158 valence electrons. The second-order valence-corrected chi connectivity index (χ2v) is 8.29. The van der Waals surface area contributed by atoms with Gasteiger partial charge in [-0.05, 0) is 75.8 Å². The standard InChI is InChI=1S/C24H30N4O2/c1-16-22(17(2)28(3)27-16)11-13-24(29)26-19-6-8-20(9-7-19)30-21-10-12-23-18(15-21)5-4-14-25-23/h4-5,10,12,14-15,19-20H,6-9,11,13H2,1-3H3,(H,26,29). The van der Waals surface area contributed by atoms with Crippen LogP contribution in [0.4, 0.5) is 0 Å². The van der Waals surface area contributed by atoms with Crippen molar-refractivity contribution in [3.63, 3.8) is 0 Å². The molecule has 1 saturated carbocycles. The minimum atomic E-state index is 0.129. The number of hydrogen-bond acceptors (Lipinski definition) is 4. The molecule has 0 spiro atoms. The average molecular weight is 407 g/mol. The van der Waals surface area contributed by atoms with Crippen LogP contribution in [0.2, 0.25) is 0 Å². The fourth-order valence-electron chi connectivity index (χ4n) is 4.36. The van der Waals surface area contributed by atoms with Crippen molar-refractivity contribution in [2.24, 2.45) is 7.05 Å². The second-order valence-electron chi connectivity index (χ2n) is 8.29. The lowest BCUT2D eigenvalue weighted by molar-refractivity contribution is -0.122. The number of fused-ring (bicyclic) bond motifs is 1. The first-order valence-electron chi connectivity index (χ1n) is 10.8. The van der Waals surface area contributed by atoms with Gasteiger partial charge in [-0.2, -0.15) is 5.10 Å². The largest absolute Gasteiger partial charge is 0.490 e. The van der Waals surface area contributed by atoms with Gasteiger partial charge >= 0.3 is 0 Å². The van der Waals surface area contributed by atoms with Crippen molar-refractivity contribution in [1.29, 1.82) is 0 Å². The third kappa shape index (κ3) is 4.64. The summed E-state index contributed by atoms with van der Waals surface area (Å²) in [5, 5.41) is 8.74. The Kier molecular flexibility index (Phi) is 6.02. The summed E-state index contributed by atoms with van der Waals surface area (Å²) in [7, 11) is 1.95. The molecule has 2 heterocycles. The fraction of sp³-hybridized carbons (Fsp3) is 0.458. The molecule has 0 aliphatic heterocycles. The van der Waals surface area contributed by atoms with Crippen LogP contribution in [0, 0.1) is 13.8 Å². The molecule has 1 fully saturated rings. The highest BCUT2D eigenvalue weighted by atomic mass is 16.5. The van der Waals surface area contributed by atoms with Gasteiger partial charge in [-0.1, -0.05) is 6.07 Å². The molecule has 2 aromatic heterocycles. The van der Waals surface area contributed by atoms with E-state index in [1.54, 1.807) is 6.20 Å². The van der Waals surface area contributed by atoms with Crippen LogP contribution in [0.3, 0.4) is 0 Å². The molecule has 30 heavy (non-hydrogen) atoms. The van der Waals surface area contributed by atoms with Gasteiger partial charge in [-0.25, -0.2) is 0 Å². The first-order chi connectivity index (χ1) is 14.5. The Hall–Kier alpha value is -2.89. The Morgan fingerprint density at radius 3 is 2.73 bits per heavy atom. The Morgan fingerprint density at radius 1 is 1.20 bits per heavy atom. The summed E-state index contributed by atoms with van der Waals surface area (Å²) >= 11 is 0. The molecular weight excluding hydrogens is 376 g/mol. The van der Waals surface area contributed by atoms with E-state index in [9.17, 15) is 4.79 Å². The molecule has 4 rings (SSSR count).